The van der Waals surface area contributed by atoms with E-state index >= 15 is 0 Å². The van der Waals surface area contributed by atoms with Crippen LogP contribution >= 0.6 is 0 Å². The van der Waals surface area contributed by atoms with Crippen LogP contribution in [0.2, 0.25) is 0 Å². The minimum atomic E-state index is -1.31. The number of nitrogens with one attached hydrogen (secondary N) is 7. The van der Waals surface area contributed by atoms with Gasteiger partial charge < -0.3 is 52.3 Å². The van der Waals surface area contributed by atoms with Crippen molar-refractivity contribution < 1.29 is 44.1 Å². The smallest absolute Gasteiger partial charge is 0.338 e. The van der Waals surface area contributed by atoms with Crippen LogP contribution in [0.15, 0.2) is 54.0 Å². The lowest BCUT2D eigenvalue weighted by Crippen LogP contribution is -2.41. The highest BCUT2D eigenvalue weighted by molar-refractivity contribution is 6.24. The molecule has 1 aromatic carbocycles. The van der Waals surface area contributed by atoms with Gasteiger partial charge in [-0.1, -0.05) is 39.3 Å². The van der Waals surface area contributed by atoms with Crippen LogP contribution in [-0.2, 0) is 43.4 Å². The van der Waals surface area contributed by atoms with Crippen LogP contribution in [0, 0.1) is 20.8 Å². The van der Waals surface area contributed by atoms with Crippen LogP contribution < -0.4 is 32.6 Å². The Morgan fingerprint density at radius 2 is 1.49 bits per heavy atom. The number of rotatable bonds is 24. The number of amides is 3. The van der Waals surface area contributed by atoms with Crippen LogP contribution in [0.4, 0.5) is 11.6 Å². The van der Waals surface area contributed by atoms with Gasteiger partial charge in [0.05, 0.1) is 53.0 Å². The molecule has 8 rings (SSSR count). The highest BCUT2D eigenvalue weighted by atomic mass is 16.4. The molecule has 3 atom stereocenters. The Balaban J connectivity index is 0.837. The van der Waals surface area contributed by atoms with Gasteiger partial charge in [0.1, 0.15) is 6.04 Å². The lowest BCUT2D eigenvalue weighted by molar-refractivity contribution is -0.139. The van der Waals surface area contributed by atoms with Crippen LogP contribution in [0.3, 0.4) is 0 Å². The van der Waals surface area contributed by atoms with Crippen molar-refractivity contribution in [2.75, 3.05) is 24.1 Å². The van der Waals surface area contributed by atoms with E-state index in [0.29, 0.717) is 66.4 Å². The number of allylic oxidation sites excluding steroid dienone is 1. The van der Waals surface area contributed by atoms with Gasteiger partial charge in [0.2, 0.25) is 17.8 Å². The zero-order valence-electron chi connectivity index (χ0n) is 47.3. The molecule has 23 nitrogen and oxygen atoms in total. The van der Waals surface area contributed by atoms with Gasteiger partial charge in [-0.05, 0) is 124 Å². The molecule has 12 N–H and O–H groups in total. The summed E-state index contributed by atoms with van der Waals surface area (Å²) >= 11 is 0. The molecule has 0 aliphatic carbocycles. The van der Waals surface area contributed by atoms with E-state index in [0.717, 1.165) is 62.7 Å². The Hall–Kier alpha value is -9.54. The third kappa shape index (κ3) is 13.5. The number of nitrogens with zero attached hydrogens (tertiary/aromatic N) is 5. The number of hydrogen-bond donors (Lipinski definition) is 11. The lowest BCUT2D eigenvalue weighted by atomic mass is 9.84. The number of aliphatic carboxylic acids is 3. The van der Waals surface area contributed by atoms with Crippen molar-refractivity contribution in [2.24, 2.45) is 0 Å². The minimum Gasteiger partial charge on any atom is -0.481 e. The zero-order valence-corrected chi connectivity index (χ0v) is 47.3. The minimum absolute atomic E-state index is 0.0375. The number of fused-ring (bicyclic) bond motifs is 9. The Morgan fingerprint density at radius 1 is 0.807 bits per heavy atom. The van der Waals surface area contributed by atoms with Gasteiger partial charge in [-0.15, -0.1) is 0 Å². The number of carbonyl (C=O) groups is 6. The number of H-pyrrole nitrogens is 3. The molecule has 0 spiro atoms. The maximum Gasteiger partial charge on any atom is 0.338 e. The van der Waals surface area contributed by atoms with Crippen LogP contribution in [-0.4, -0.2) is 110 Å². The van der Waals surface area contributed by atoms with E-state index in [1.807, 2.05) is 45.9 Å². The number of nitrogen functional groups attached to an aromatic ring is 1. The van der Waals surface area contributed by atoms with E-state index in [-0.39, 0.29) is 89.5 Å². The molecular weight excluding hydrogens is 1060 g/mol. The van der Waals surface area contributed by atoms with E-state index in [9.17, 15) is 48.9 Å². The van der Waals surface area contributed by atoms with Crippen LogP contribution in [0.25, 0.3) is 50.5 Å². The molecule has 7 heterocycles. The molecule has 6 aromatic rings. The lowest BCUT2D eigenvalue weighted by Gasteiger charge is -2.18. The summed E-state index contributed by atoms with van der Waals surface area (Å²) in [6.07, 6.45) is 6.32. The largest absolute Gasteiger partial charge is 0.481 e. The fourth-order valence-corrected chi connectivity index (χ4v) is 10.9. The molecule has 2 aliphatic heterocycles. The molecule has 8 bridgehead atoms. The molecule has 3 unspecified atom stereocenters. The second-order valence-corrected chi connectivity index (χ2v) is 20.9. The quantitative estimate of drug-likeness (QED) is 0.0262. The number of benzene rings is 1. The van der Waals surface area contributed by atoms with Crippen molar-refractivity contribution in [3.63, 3.8) is 0 Å². The summed E-state index contributed by atoms with van der Waals surface area (Å²) in [4.78, 5) is 121. The van der Waals surface area contributed by atoms with Gasteiger partial charge in [-0.2, -0.15) is 4.98 Å². The van der Waals surface area contributed by atoms with Crippen molar-refractivity contribution in [2.45, 2.75) is 130 Å². The highest BCUT2D eigenvalue weighted by Crippen LogP contribution is 2.44. The third-order valence-electron chi connectivity index (χ3n) is 15.5. The number of aromatic amines is 3. The number of aromatic nitrogens is 8. The summed E-state index contributed by atoms with van der Waals surface area (Å²) < 4.78 is 0. The zero-order chi connectivity index (χ0) is 59.8. The molecule has 2 aliphatic rings. The number of hydrogen-bond acceptors (Lipinski definition) is 14. The molecule has 0 saturated carbocycles. The van der Waals surface area contributed by atoms with E-state index in [1.54, 1.807) is 19.1 Å². The summed E-state index contributed by atoms with van der Waals surface area (Å²) in [7, 11) is 0. The Morgan fingerprint density at radius 3 is 2.14 bits per heavy atom. The van der Waals surface area contributed by atoms with E-state index < -0.39 is 47.8 Å². The van der Waals surface area contributed by atoms with E-state index in [2.05, 4.69) is 64.7 Å². The summed E-state index contributed by atoms with van der Waals surface area (Å²) in [5.41, 5.74) is 16.6. The van der Waals surface area contributed by atoms with Gasteiger partial charge in [-0.25, -0.2) is 24.5 Å². The second kappa shape index (κ2) is 25.9. The van der Waals surface area contributed by atoms with Gasteiger partial charge in [-0.3, -0.25) is 33.9 Å². The SMILES string of the molecule is C=Cc1c(C)c2cc3nc(c(CC(=O)O)c4nc(cc5[nH]c(c(C)c5CC)c(C)c1[nH]2)C(C)=C4C(=O)O)C(CCC(=O)NCCCCCCNC(=O)CCC(NC(=O)c1ccc(NCc2cnc4nc(N)[nH]c(=O)c4n2)cc1)C(=O)O)C3C. The molecular formula is C60H69N13O10. The van der Waals surface area contributed by atoms with Crippen molar-refractivity contribution in [1.82, 2.24) is 55.8 Å². The fraction of sp³-hybridized carbons (Fsp3) is 0.367. The predicted octanol–water partition coefficient (Wildman–Crippen LogP) is 7.43. The van der Waals surface area contributed by atoms with Gasteiger partial charge in [0.25, 0.3) is 11.5 Å². The molecule has 434 valence electrons. The third-order valence-corrected chi connectivity index (χ3v) is 15.5. The summed E-state index contributed by atoms with van der Waals surface area (Å²) in [5.74, 6) is -5.76. The van der Waals surface area contributed by atoms with Crippen molar-refractivity contribution >= 4 is 97.7 Å². The van der Waals surface area contributed by atoms with Crippen molar-refractivity contribution in [3.8, 4) is 0 Å². The second-order valence-electron chi connectivity index (χ2n) is 20.9. The number of carboxylic acid groups (broad SMARTS) is 3. The number of nitrogens with two attached hydrogens (primary N) is 1. The first-order chi connectivity index (χ1) is 39.7. The predicted molar refractivity (Wildman–Crippen MR) is 315 cm³/mol. The maximum absolute atomic E-state index is 13.5. The van der Waals surface area contributed by atoms with Crippen molar-refractivity contribution in [3.05, 3.63) is 127 Å². The average Bonchev–Trinajstić information content (AvgIpc) is 3.08. The topological polar surface area (TPSA) is 366 Å². The highest BCUT2D eigenvalue weighted by Gasteiger charge is 2.36. The normalized spacial score (nSPS) is 14.3. The summed E-state index contributed by atoms with van der Waals surface area (Å²) in [6.45, 7) is 16.9. The van der Waals surface area contributed by atoms with Crippen LogP contribution in [0.1, 0.15) is 156 Å². The van der Waals surface area contributed by atoms with Crippen molar-refractivity contribution in [1.29, 1.82) is 0 Å². The van der Waals surface area contributed by atoms with Gasteiger partial charge >= 0.3 is 17.9 Å². The first-order valence-corrected chi connectivity index (χ1v) is 27.6. The van der Waals surface area contributed by atoms with E-state index in [4.69, 9.17) is 15.7 Å². The Bertz CT molecular complexity index is 3840. The summed E-state index contributed by atoms with van der Waals surface area (Å²) in [5, 5.41) is 42.3. The number of carbonyl (C=O) groups excluding carboxylic acids is 3. The molecule has 3 amide bonds. The number of unbranched alkanes of at least 4 members (excludes halogenated alkanes) is 3. The van der Waals surface area contributed by atoms with Gasteiger partial charge in [0.15, 0.2) is 11.2 Å². The molecule has 0 radical (unpaired) electrons. The monoisotopic (exact) mass is 1130 g/mol. The first kappa shape index (κ1) is 59.6. The molecule has 23 heteroatoms. The molecule has 0 saturated heterocycles. The maximum atomic E-state index is 13.5. The molecule has 5 aromatic heterocycles. The number of anilines is 2. The molecule has 0 fully saturated rings. The standard InChI is InChI=1S/C60H69N13O10/c1-8-37-31(5)50-33(7)51-38(9-2)29(3)42(67-51)25-43-30(4)39(52(68-43)40(24-48(76)77)53-49(59(82)83)32(6)44(69-53)26-45(37)70-50)18-20-46(74)62-22-12-10-11-13-23-63-47(75)21-19-41(58(80)81)71-56(78)34-14-16-35(17-15-34)64-27-36-28-65-55-54(66-36)57(79)73-60(61)72-55/h9,14-17,25-26,28,30,39,41,64,67,70H,2,8,10-13,18-24,27H2,1,3-7H3,(H,62,74)(H,63,75)(H,71,78)(H,76,77)(H,80,81)(H,82,83)(H3,61,65,72,73,79). The Labute approximate surface area is 477 Å². The van der Waals surface area contributed by atoms with E-state index in [1.165, 1.54) is 18.3 Å². The first-order valence-electron chi connectivity index (χ1n) is 27.6. The van der Waals surface area contributed by atoms with Gasteiger partial charge in [0, 0.05) is 82.4 Å². The fourth-order valence-electron chi connectivity index (χ4n) is 10.9. The number of aryl methyl sites for hydroxylation is 4. The Kier molecular flexibility index (Phi) is 18.6. The number of carboxylic acids is 3. The summed E-state index contributed by atoms with van der Waals surface area (Å²) in [6, 6.07) is 8.74. The average molecular weight is 1130 g/mol. The van der Waals surface area contributed by atoms with Crippen LogP contribution in [0.5, 0.6) is 0 Å². The molecule has 83 heavy (non-hydrogen) atoms.